The molecule has 0 saturated heterocycles. The van der Waals surface area contributed by atoms with E-state index in [2.05, 4.69) is 25.9 Å². The molecule has 1 unspecified atom stereocenters. The quantitative estimate of drug-likeness (QED) is 0.0865. The zero-order valence-electron chi connectivity index (χ0n) is 21.9. The van der Waals surface area contributed by atoms with Crippen LogP contribution >= 0.6 is 0 Å². The average molecular weight is 608 g/mol. The molecule has 42 heavy (non-hydrogen) atoms. The van der Waals surface area contributed by atoms with Crippen LogP contribution in [0, 0.1) is 29.1 Å². The second-order valence-electron chi connectivity index (χ2n) is 8.45. The van der Waals surface area contributed by atoms with Gasteiger partial charge in [-0.1, -0.05) is 6.07 Å². The predicted molar refractivity (Wildman–Crippen MR) is 145 cm³/mol. The molecule has 15 heteroatoms. The summed E-state index contributed by atoms with van der Waals surface area (Å²) in [5.74, 6) is -10.1. The highest BCUT2D eigenvalue weighted by Crippen LogP contribution is 2.28. The third-order valence-corrected chi connectivity index (χ3v) is 6.49. The number of ether oxygens (including phenoxy) is 2. The summed E-state index contributed by atoms with van der Waals surface area (Å²) in [4.78, 5) is 19.6. The molecule has 1 amide bonds. The van der Waals surface area contributed by atoms with Crippen molar-refractivity contribution in [2.24, 2.45) is 0 Å². The van der Waals surface area contributed by atoms with Crippen molar-refractivity contribution in [3.05, 3.63) is 89.4 Å². The van der Waals surface area contributed by atoms with E-state index in [1.807, 2.05) is 0 Å². The number of carbonyl (C=O) groups excluding carboxylic acids is 1. The molecule has 0 aliphatic heterocycles. The summed E-state index contributed by atoms with van der Waals surface area (Å²) < 4.78 is 93.0. The number of nitrogens with zero attached hydrogens (tertiary/aromatic N) is 2. The summed E-state index contributed by atoms with van der Waals surface area (Å²) in [6.07, 6.45) is 1.81. The van der Waals surface area contributed by atoms with Crippen molar-refractivity contribution in [3.8, 4) is 5.75 Å². The Hall–Kier alpha value is -4.63. The fourth-order valence-corrected chi connectivity index (χ4v) is 4.42. The number of benzene rings is 3. The number of rotatable bonds is 11. The second-order valence-corrected chi connectivity index (χ2v) is 9.77. The van der Waals surface area contributed by atoms with E-state index in [0.717, 1.165) is 12.5 Å². The molecule has 3 aromatic carbocycles. The van der Waals surface area contributed by atoms with E-state index in [-0.39, 0.29) is 23.1 Å². The maximum absolute atomic E-state index is 14.5. The van der Waals surface area contributed by atoms with Gasteiger partial charge in [0.15, 0.2) is 34.9 Å². The number of amides is 1. The lowest BCUT2D eigenvalue weighted by molar-refractivity contribution is 0.101. The monoisotopic (exact) mass is 607 g/mol. The Bertz CT molecular complexity index is 1640. The minimum absolute atomic E-state index is 0.0250. The summed E-state index contributed by atoms with van der Waals surface area (Å²) in [7, 11) is -0.817. The maximum Gasteiger partial charge on any atom is 0.260 e. The van der Waals surface area contributed by atoms with Crippen molar-refractivity contribution in [1.82, 2.24) is 9.97 Å². The van der Waals surface area contributed by atoms with Gasteiger partial charge in [0.25, 0.3) is 5.91 Å². The number of nitrogens with one attached hydrogen (secondary N) is 3. The predicted octanol–water partition coefficient (Wildman–Crippen LogP) is 5.67. The van der Waals surface area contributed by atoms with E-state index < -0.39 is 56.3 Å². The van der Waals surface area contributed by atoms with Crippen LogP contribution in [0.5, 0.6) is 5.75 Å². The molecule has 0 saturated carbocycles. The normalized spacial score (nSPS) is 11.6. The molecular formula is C27H22F5N5O4S. The number of methoxy groups -OCH3 is 1. The Labute approximate surface area is 238 Å². The topological polar surface area (TPSA) is 114 Å². The molecule has 9 nitrogen and oxygen atoms in total. The van der Waals surface area contributed by atoms with Gasteiger partial charge in [0.1, 0.15) is 12.4 Å². The van der Waals surface area contributed by atoms with Crippen LogP contribution in [0.4, 0.5) is 50.8 Å². The fourth-order valence-electron chi connectivity index (χ4n) is 3.61. The molecule has 3 N–H and O–H groups in total. The first-order valence-electron chi connectivity index (χ1n) is 12.0. The van der Waals surface area contributed by atoms with E-state index in [4.69, 9.17) is 9.47 Å². The summed E-state index contributed by atoms with van der Waals surface area (Å²) in [6.45, 7) is 0.814. The summed E-state index contributed by atoms with van der Waals surface area (Å²) >= 11 is 0. The molecule has 0 fully saturated rings. The molecule has 4 aromatic rings. The van der Waals surface area contributed by atoms with Crippen LogP contribution in [0.15, 0.2) is 59.6 Å². The van der Waals surface area contributed by atoms with E-state index in [1.54, 1.807) is 31.4 Å². The Balaban J connectivity index is 1.50. The van der Waals surface area contributed by atoms with E-state index in [0.29, 0.717) is 24.7 Å². The van der Waals surface area contributed by atoms with Crippen LogP contribution in [0.2, 0.25) is 0 Å². The largest absolute Gasteiger partial charge is 0.491 e. The summed E-state index contributed by atoms with van der Waals surface area (Å²) in [5.41, 5.74) is -0.490. The van der Waals surface area contributed by atoms with Crippen molar-refractivity contribution in [1.29, 1.82) is 0 Å². The van der Waals surface area contributed by atoms with Gasteiger partial charge in [0.2, 0.25) is 5.95 Å². The fraction of sp³-hybridized carbons (Fsp3) is 0.148. The molecule has 1 heterocycles. The lowest BCUT2D eigenvalue weighted by Gasteiger charge is -2.13. The smallest absolute Gasteiger partial charge is 0.260 e. The van der Waals surface area contributed by atoms with Crippen molar-refractivity contribution < 1.29 is 40.4 Å². The van der Waals surface area contributed by atoms with Gasteiger partial charge in [-0.2, -0.15) is 4.98 Å². The first-order valence-corrected chi connectivity index (χ1v) is 13.5. The van der Waals surface area contributed by atoms with Crippen molar-refractivity contribution >= 4 is 45.5 Å². The van der Waals surface area contributed by atoms with Crippen molar-refractivity contribution in [2.45, 2.75) is 4.90 Å². The third-order valence-electron chi connectivity index (χ3n) is 5.53. The Morgan fingerprint density at radius 3 is 2.26 bits per heavy atom. The number of anilines is 5. The molecular weight excluding hydrogens is 585 g/mol. The van der Waals surface area contributed by atoms with E-state index in [9.17, 15) is 31.0 Å². The van der Waals surface area contributed by atoms with Crippen molar-refractivity contribution in [3.63, 3.8) is 0 Å². The van der Waals surface area contributed by atoms with Gasteiger partial charge < -0.3 is 25.4 Å². The van der Waals surface area contributed by atoms with Gasteiger partial charge in [-0.3, -0.25) is 9.00 Å². The zero-order valence-corrected chi connectivity index (χ0v) is 22.8. The van der Waals surface area contributed by atoms with Gasteiger partial charge in [0, 0.05) is 30.4 Å². The number of aromatic nitrogens is 2. The van der Waals surface area contributed by atoms with Crippen LogP contribution in [0.25, 0.3) is 0 Å². The van der Waals surface area contributed by atoms with Crippen LogP contribution in [-0.4, -0.2) is 46.7 Å². The molecule has 1 aromatic heterocycles. The first-order chi connectivity index (χ1) is 20.1. The molecule has 220 valence electrons. The molecule has 0 aliphatic rings. The maximum atomic E-state index is 14.5. The third kappa shape index (κ3) is 6.98. The molecule has 0 radical (unpaired) electrons. The Morgan fingerprint density at radius 1 is 0.881 bits per heavy atom. The zero-order chi connectivity index (χ0) is 30.4. The lowest BCUT2D eigenvalue weighted by atomic mass is 10.1. The standard InChI is InChI=1S/C27H22F5N5O4S/c1-40-10-11-41-17-8-6-14(7-9-17)36-27-33-13-18(28)25(37-27)34-15-4-3-5-16(12-15)35-26(38)19-20(29)21(30)22(31)23(32)24(19)42(2)39/h3-9,12-13H,10-11H2,1-2H3,(H,35,38)(H2,33,34,36,37). The molecule has 0 spiro atoms. The number of halogens is 5. The van der Waals surface area contributed by atoms with Gasteiger partial charge in [-0.25, -0.2) is 26.9 Å². The molecule has 0 aliphatic carbocycles. The summed E-state index contributed by atoms with van der Waals surface area (Å²) in [5, 5.41) is 7.85. The van der Waals surface area contributed by atoms with Gasteiger partial charge in [0.05, 0.1) is 34.1 Å². The highest BCUT2D eigenvalue weighted by molar-refractivity contribution is 7.84. The SMILES string of the molecule is COCCOc1ccc(Nc2ncc(F)c(Nc3cccc(NC(=O)c4c(F)c(F)c(F)c(F)c4S(C)=O)c3)n2)cc1. The number of hydrogen-bond donors (Lipinski definition) is 3. The number of carbonyl (C=O) groups is 1. The minimum atomic E-state index is -2.38. The van der Waals surface area contributed by atoms with Crippen LogP contribution < -0.4 is 20.7 Å². The highest BCUT2D eigenvalue weighted by Gasteiger charge is 2.31. The number of hydrogen-bond acceptors (Lipinski definition) is 8. The van der Waals surface area contributed by atoms with Crippen molar-refractivity contribution in [2.75, 3.05) is 42.5 Å². The molecule has 1 atom stereocenters. The summed E-state index contributed by atoms with van der Waals surface area (Å²) in [6, 6.07) is 12.4. The van der Waals surface area contributed by atoms with Crippen LogP contribution in [0.3, 0.4) is 0 Å². The van der Waals surface area contributed by atoms with E-state index >= 15 is 0 Å². The Kier molecular flexibility index (Phi) is 9.64. The molecule has 0 bridgehead atoms. The first kappa shape index (κ1) is 30.3. The molecule has 4 rings (SSSR count). The van der Waals surface area contributed by atoms with E-state index in [1.165, 1.54) is 24.3 Å². The van der Waals surface area contributed by atoms with Crippen LogP contribution in [-0.2, 0) is 15.5 Å². The van der Waals surface area contributed by atoms with Gasteiger partial charge in [-0.05, 0) is 42.5 Å². The second kappa shape index (κ2) is 13.4. The Morgan fingerprint density at radius 2 is 1.57 bits per heavy atom. The lowest BCUT2D eigenvalue weighted by Crippen LogP contribution is -2.20. The highest BCUT2D eigenvalue weighted by atomic mass is 32.2. The average Bonchev–Trinajstić information content (AvgIpc) is 2.96. The van der Waals surface area contributed by atoms with Gasteiger partial charge >= 0.3 is 0 Å². The minimum Gasteiger partial charge on any atom is -0.491 e. The van der Waals surface area contributed by atoms with Crippen LogP contribution in [0.1, 0.15) is 10.4 Å². The van der Waals surface area contributed by atoms with Gasteiger partial charge in [-0.15, -0.1) is 0 Å².